The summed E-state index contributed by atoms with van der Waals surface area (Å²) in [5.41, 5.74) is 3.01. The number of hydrogen-bond donors (Lipinski definition) is 1. The zero-order valence-corrected chi connectivity index (χ0v) is 16.4. The van der Waals surface area contributed by atoms with Crippen LogP contribution in [0.2, 0.25) is 0 Å². The van der Waals surface area contributed by atoms with Gasteiger partial charge in [-0.3, -0.25) is 4.90 Å². The molecule has 2 aromatic carbocycles. The fraction of sp³-hybridized carbons (Fsp3) is 0.304. The van der Waals surface area contributed by atoms with Gasteiger partial charge in [-0.1, -0.05) is 24.6 Å². The van der Waals surface area contributed by atoms with E-state index >= 15 is 0 Å². The van der Waals surface area contributed by atoms with Gasteiger partial charge in [-0.05, 0) is 56.4 Å². The van der Waals surface area contributed by atoms with Gasteiger partial charge in [-0.15, -0.1) is 6.42 Å². The van der Waals surface area contributed by atoms with Gasteiger partial charge >= 0.3 is 6.09 Å². The maximum absolute atomic E-state index is 12.7. The Morgan fingerprint density at radius 1 is 1.36 bits per heavy atom. The van der Waals surface area contributed by atoms with Gasteiger partial charge in [0.25, 0.3) is 0 Å². The van der Waals surface area contributed by atoms with Crippen molar-refractivity contribution in [3.05, 3.63) is 53.9 Å². The topological polar surface area (TPSA) is 58.2 Å². The molecule has 0 unspecified atom stereocenters. The van der Waals surface area contributed by atoms with E-state index in [0.717, 1.165) is 39.4 Å². The van der Waals surface area contributed by atoms with Crippen molar-refractivity contribution in [3.8, 4) is 12.3 Å². The molecule has 5 nitrogen and oxygen atoms in total. The number of nitrogens with one attached hydrogen (secondary N) is 1. The molecule has 0 aliphatic carbocycles. The summed E-state index contributed by atoms with van der Waals surface area (Å²) in [6.45, 7) is 10.3. The minimum Gasteiger partial charge on any atom is -0.444 e. The highest BCUT2D eigenvalue weighted by Gasteiger charge is 2.37. The molecule has 0 bridgehead atoms. The second-order valence-electron chi connectivity index (χ2n) is 8.15. The van der Waals surface area contributed by atoms with Crippen LogP contribution >= 0.6 is 0 Å². The van der Waals surface area contributed by atoms with Gasteiger partial charge in [0, 0.05) is 17.5 Å². The van der Waals surface area contributed by atoms with E-state index in [0.29, 0.717) is 12.4 Å². The molecule has 1 fully saturated rings. The van der Waals surface area contributed by atoms with Gasteiger partial charge in [0.15, 0.2) is 0 Å². The monoisotopic (exact) mass is 373 g/mol. The number of ether oxygens (including phenoxy) is 1. The van der Waals surface area contributed by atoms with Crippen LogP contribution in [0.15, 0.2) is 42.5 Å². The van der Waals surface area contributed by atoms with Crippen LogP contribution in [0.1, 0.15) is 44.6 Å². The number of imidazole rings is 1. The predicted molar refractivity (Wildman–Crippen MR) is 111 cm³/mol. The van der Waals surface area contributed by atoms with E-state index in [1.807, 2.05) is 51.1 Å². The third-order valence-corrected chi connectivity index (χ3v) is 4.92. The molecule has 1 N–H and O–H groups in total. The van der Waals surface area contributed by atoms with Crippen molar-refractivity contribution in [2.75, 3.05) is 6.54 Å². The number of terminal acetylenes is 1. The van der Waals surface area contributed by atoms with E-state index in [-0.39, 0.29) is 12.1 Å². The summed E-state index contributed by atoms with van der Waals surface area (Å²) >= 11 is 0. The van der Waals surface area contributed by atoms with Gasteiger partial charge in [0.1, 0.15) is 17.5 Å². The Labute approximate surface area is 164 Å². The molecule has 2 heterocycles. The van der Waals surface area contributed by atoms with Gasteiger partial charge < -0.3 is 9.72 Å². The van der Waals surface area contributed by atoms with E-state index in [1.165, 1.54) is 0 Å². The first-order chi connectivity index (χ1) is 13.3. The molecular weight excluding hydrogens is 350 g/mol. The van der Waals surface area contributed by atoms with E-state index < -0.39 is 5.60 Å². The first-order valence-electron chi connectivity index (χ1n) is 9.33. The molecule has 1 amide bonds. The molecule has 1 aliphatic heterocycles. The SMILES string of the molecule is C#Cc1ccc2c(ccc3nc([C@@H]4C(=C)CCN4C(=O)OC(C)(C)C)[nH]c32)c1. The Balaban J connectivity index is 1.77. The summed E-state index contributed by atoms with van der Waals surface area (Å²) in [6, 6.07) is 9.57. The van der Waals surface area contributed by atoms with Crippen LogP contribution in [-0.4, -0.2) is 33.1 Å². The molecule has 0 radical (unpaired) electrons. The molecule has 3 aromatic rings. The molecular formula is C23H23N3O2. The van der Waals surface area contributed by atoms with E-state index in [2.05, 4.69) is 17.5 Å². The van der Waals surface area contributed by atoms with Gasteiger partial charge in [-0.2, -0.15) is 0 Å². The number of benzene rings is 2. The lowest BCUT2D eigenvalue weighted by molar-refractivity contribution is 0.0232. The molecule has 28 heavy (non-hydrogen) atoms. The zero-order chi connectivity index (χ0) is 20.1. The fourth-order valence-corrected chi connectivity index (χ4v) is 3.66. The van der Waals surface area contributed by atoms with Crippen molar-refractivity contribution < 1.29 is 9.53 Å². The Morgan fingerprint density at radius 3 is 2.86 bits per heavy atom. The van der Waals surface area contributed by atoms with Crippen LogP contribution in [0.3, 0.4) is 0 Å². The highest BCUT2D eigenvalue weighted by molar-refractivity contribution is 6.04. The van der Waals surface area contributed by atoms with Gasteiger partial charge in [-0.25, -0.2) is 9.78 Å². The number of carbonyl (C=O) groups is 1. The molecule has 1 saturated heterocycles. The smallest absolute Gasteiger partial charge is 0.411 e. The summed E-state index contributed by atoms with van der Waals surface area (Å²) in [7, 11) is 0. The van der Waals surface area contributed by atoms with Crippen LogP contribution in [0.25, 0.3) is 21.8 Å². The van der Waals surface area contributed by atoms with E-state index in [4.69, 9.17) is 16.1 Å². The van der Waals surface area contributed by atoms with Crippen LogP contribution in [0.4, 0.5) is 4.79 Å². The predicted octanol–water partition coefficient (Wildman–Crippen LogP) is 4.94. The van der Waals surface area contributed by atoms with E-state index in [9.17, 15) is 4.79 Å². The number of rotatable bonds is 1. The average Bonchev–Trinajstić information content (AvgIpc) is 3.22. The number of nitrogens with zero attached hydrogens (tertiary/aromatic N) is 2. The van der Waals surface area contributed by atoms with Crippen molar-refractivity contribution in [2.24, 2.45) is 0 Å². The Morgan fingerprint density at radius 2 is 2.14 bits per heavy atom. The molecule has 4 rings (SSSR count). The first kappa shape index (κ1) is 18.1. The number of amides is 1. The van der Waals surface area contributed by atoms with Crippen LogP contribution in [-0.2, 0) is 4.74 Å². The zero-order valence-electron chi connectivity index (χ0n) is 16.4. The summed E-state index contributed by atoms with van der Waals surface area (Å²) in [5, 5.41) is 2.09. The summed E-state index contributed by atoms with van der Waals surface area (Å²) in [5.74, 6) is 3.37. The number of aromatic amines is 1. The largest absolute Gasteiger partial charge is 0.444 e. The van der Waals surface area contributed by atoms with Crippen molar-refractivity contribution >= 4 is 27.9 Å². The summed E-state index contributed by atoms with van der Waals surface area (Å²) < 4.78 is 5.58. The molecule has 1 aliphatic rings. The summed E-state index contributed by atoms with van der Waals surface area (Å²) in [4.78, 5) is 22.6. The number of hydrogen-bond acceptors (Lipinski definition) is 3. The highest BCUT2D eigenvalue weighted by atomic mass is 16.6. The molecule has 0 saturated carbocycles. The highest BCUT2D eigenvalue weighted by Crippen LogP contribution is 2.37. The maximum atomic E-state index is 12.7. The molecule has 0 spiro atoms. The molecule has 5 heteroatoms. The number of fused-ring (bicyclic) bond motifs is 3. The normalized spacial score (nSPS) is 17.3. The van der Waals surface area contributed by atoms with Gasteiger partial charge in [0.05, 0.1) is 11.0 Å². The van der Waals surface area contributed by atoms with Crippen LogP contribution < -0.4 is 0 Å². The van der Waals surface area contributed by atoms with Crippen LogP contribution in [0, 0.1) is 12.3 Å². The van der Waals surface area contributed by atoms with Crippen LogP contribution in [0.5, 0.6) is 0 Å². The number of H-pyrrole nitrogens is 1. The quantitative estimate of drug-likeness (QED) is 0.486. The molecule has 1 atom stereocenters. The standard InChI is InChI=1S/C23H23N3O2/c1-6-15-7-9-17-16(13-15)8-10-18-19(17)25-21(24-18)20-14(2)11-12-26(20)22(27)28-23(3,4)5/h1,7-10,13,20H,2,11-12H2,3-5H3,(H,24,25)/t20-/m0/s1. The second kappa shape index (κ2) is 6.42. The van der Waals surface area contributed by atoms with Gasteiger partial charge in [0.2, 0.25) is 0 Å². The Bertz CT molecular complexity index is 1140. The third-order valence-electron chi connectivity index (χ3n) is 4.92. The maximum Gasteiger partial charge on any atom is 0.411 e. The second-order valence-corrected chi connectivity index (χ2v) is 8.15. The molecule has 142 valence electrons. The van der Waals surface area contributed by atoms with Crippen molar-refractivity contribution in [2.45, 2.75) is 38.8 Å². The van der Waals surface area contributed by atoms with Crippen molar-refractivity contribution in [3.63, 3.8) is 0 Å². The third kappa shape index (κ3) is 3.11. The minimum atomic E-state index is -0.551. The first-order valence-corrected chi connectivity index (χ1v) is 9.33. The lowest BCUT2D eigenvalue weighted by Crippen LogP contribution is -2.36. The van der Waals surface area contributed by atoms with Crippen molar-refractivity contribution in [1.82, 2.24) is 14.9 Å². The number of carbonyl (C=O) groups excluding carboxylic acids is 1. The van der Waals surface area contributed by atoms with Crippen molar-refractivity contribution in [1.29, 1.82) is 0 Å². The minimum absolute atomic E-state index is 0.317. The Hall–Kier alpha value is -3.26. The van der Waals surface area contributed by atoms with E-state index in [1.54, 1.807) is 4.90 Å². The Kier molecular flexibility index (Phi) is 4.15. The lowest BCUT2D eigenvalue weighted by Gasteiger charge is -2.27. The number of likely N-dealkylation sites (tertiary alicyclic amines) is 1. The lowest BCUT2D eigenvalue weighted by atomic mass is 10.1. The summed E-state index contributed by atoms with van der Waals surface area (Å²) in [6.07, 6.45) is 5.90. The fourth-order valence-electron chi connectivity index (χ4n) is 3.66. The number of aromatic nitrogens is 2. The average molecular weight is 373 g/mol. The molecule has 1 aromatic heterocycles.